The summed E-state index contributed by atoms with van der Waals surface area (Å²) in [5.41, 5.74) is 3.55. The van der Waals surface area contributed by atoms with E-state index in [1.807, 2.05) is 0 Å². The molecule has 0 bridgehead atoms. The maximum absolute atomic E-state index is 5.43. The van der Waals surface area contributed by atoms with Crippen LogP contribution in [0.25, 0.3) is 0 Å². The van der Waals surface area contributed by atoms with Crippen LogP contribution in [0.3, 0.4) is 0 Å². The Bertz CT molecular complexity index is 470. The van der Waals surface area contributed by atoms with Crippen molar-refractivity contribution in [3.63, 3.8) is 0 Å². The fourth-order valence-corrected chi connectivity index (χ4v) is 2.68. The molecule has 1 aromatic rings. The van der Waals surface area contributed by atoms with E-state index in [1.54, 1.807) is 7.11 Å². The lowest BCUT2D eigenvalue weighted by molar-refractivity contribution is 0.312. The fraction of sp³-hybridized carbons (Fsp3) is 0.700. The van der Waals surface area contributed by atoms with Gasteiger partial charge in [-0.2, -0.15) is 0 Å². The lowest BCUT2D eigenvalue weighted by atomic mass is 9.70. The molecule has 0 unspecified atom stereocenters. The van der Waals surface area contributed by atoms with E-state index in [2.05, 4.69) is 73.6 Å². The smallest absolute Gasteiger partial charge is 0.119 e. The maximum Gasteiger partial charge on any atom is 0.119 e. The summed E-state index contributed by atoms with van der Waals surface area (Å²) in [5.74, 6) is 0.954. The van der Waals surface area contributed by atoms with Crippen molar-refractivity contribution in [2.45, 2.75) is 79.1 Å². The average Bonchev–Trinajstić information content (AvgIpc) is 2.34. The van der Waals surface area contributed by atoms with E-state index < -0.39 is 0 Å². The maximum atomic E-state index is 5.43. The second kappa shape index (κ2) is 6.02. The third kappa shape index (κ3) is 5.05. The molecular formula is C20H34O. The Labute approximate surface area is 132 Å². The SMILES string of the molecule is COc1ccc(C(C)(C)CCC(C)(C)C)c(C(C)(C)C)c1. The summed E-state index contributed by atoms with van der Waals surface area (Å²) in [7, 11) is 1.74. The Morgan fingerprint density at radius 1 is 0.810 bits per heavy atom. The molecule has 0 spiro atoms. The quantitative estimate of drug-likeness (QED) is 0.651. The number of methoxy groups -OCH3 is 1. The molecule has 0 fully saturated rings. The minimum Gasteiger partial charge on any atom is -0.497 e. The molecule has 0 saturated carbocycles. The first kappa shape index (κ1) is 18.1. The van der Waals surface area contributed by atoms with E-state index in [1.165, 1.54) is 24.0 Å². The molecule has 0 atom stereocenters. The highest BCUT2D eigenvalue weighted by Crippen LogP contribution is 2.40. The molecular weight excluding hydrogens is 256 g/mol. The van der Waals surface area contributed by atoms with Gasteiger partial charge in [0.25, 0.3) is 0 Å². The van der Waals surface area contributed by atoms with Crippen molar-refractivity contribution in [3.05, 3.63) is 29.3 Å². The molecule has 0 aromatic heterocycles. The number of rotatable bonds is 4. The minimum absolute atomic E-state index is 0.128. The van der Waals surface area contributed by atoms with E-state index in [9.17, 15) is 0 Å². The first-order valence-electron chi connectivity index (χ1n) is 8.06. The van der Waals surface area contributed by atoms with E-state index in [0.717, 1.165) is 5.75 Å². The van der Waals surface area contributed by atoms with Crippen molar-refractivity contribution in [1.82, 2.24) is 0 Å². The third-order valence-corrected chi connectivity index (χ3v) is 4.26. The second-order valence-electron chi connectivity index (χ2n) is 9.11. The molecule has 0 N–H and O–H groups in total. The Morgan fingerprint density at radius 3 is 1.81 bits per heavy atom. The predicted octanol–water partition coefficient (Wildman–Crippen LogP) is 6.10. The monoisotopic (exact) mass is 290 g/mol. The van der Waals surface area contributed by atoms with Gasteiger partial charge in [0.1, 0.15) is 5.75 Å². The summed E-state index contributed by atoms with van der Waals surface area (Å²) in [5, 5.41) is 0. The molecule has 0 heterocycles. The molecule has 0 aliphatic carbocycles. The van der Waals surface area contributed by atoms with Crippen molar-refractivity contribution < 1.29 is 4.74 Å². The summed E-state index contributed by atoms with van der Waals surface area (Å²) < 4.78 is 5.43. The zero-order valence-corrected chi connectivity index (χ0v) is 15.6. The molecule has 1 aromatic carbocycles. The summed E-state index contributed by atoms with van der Waals surface area (Å²) in [4.78, 5) is 0. The lowest BCUT2D eigenvalue weighted by Crippen LogP contribution is -2.26. The van der Waals surface area contributed by atoms with Crippen LogP contribution in [-0.2, 0) is 10.8 Å². The molecule has 0 aliphatic heterocycles. The number of benzene rings is 1. The molecule has 1 rings (SSSR count). The highest BCUT2D eigenvalue weighted by molar-refractivity contribution is 5.43. The molecule has 120 valence electrons. The van der Waals surface area contributed by atoms with Gasteiger partial charge in [-0.1, -0.05) is 61.5 Å². The summed E-state index contributed by atoms with van der Waals surface area (Å²) in [6.07, 6.45) is 2.43. The Kier molecular flexibility index (Phi) is 5.18. The molecule has 0 aliphatic rings. The van der Waals surface area contributed by atoms with E-state index in [4.69, 9.17) is 4.74 Å². The van der Waals surface area contributed by atoms with Gasteiger partial charge in [-0.25, -0.2) is 0 Å². The Hall–Kier alpha value is -0.980. The zero-order valence-electron chi connectivity index (χ0n) is 15.6. The van der Waals surface area contributed by atoms with Crippen molar-refractivity contribution in [2.75, 3.05) is 7.11 Å². The standard InChI is InChI=1S/C20H34O/c1-18(2,3)12-13-20(7,8)16-11-10-15(21-9)14-17(16)19(4,5)6/h10-11,14H,12-13H2,1-9H3. The van der Waals surface area contributed by atoms with Crippen LogP contribution < -0.4 is 4.74 Å². The average molecular weight is 290 g/mol. The van der Waals surface area contributed by atoms with Crippen LogP contribution in [0.2, 0.25) is 0 Å². The molecule has 0 saturated heterocycles. The predicted molar refractivity (Wildman–Crippen MR) is 93.4 cm³/mol. The number of hydrogen-bond acceptors (Lipinski definition) is 1. The van der Waals surface area contributed by atoms with E-state index in [0.29, 0.717) is 5.41 Å². The Morgan fingerprint density at radius 2 is 1.38 bits per heavy atom. The van der Waals surface area contributed by atoms with Crippen molar-refractivity contribution in [1.29, 1.82) is 0 Å². The largest absolute Gasteiger partial charge is 0.497 e. The highest BCUT2D eigenvalue weighted by atomic mass is 16.5. The van der Waals surface area contributed by atoms with Crippen LogP contribution in [0.1, 0.15) is 79.4 Å². The molecule has 0 radical (unpaired) electrons. The van der Waals surface area contributed by atoms with Crippen molar-refractivity contribution in [3.8, 4) is 5.75 Å². The highest BCUT2D eigenvalue weighted by Gasteiger charge is 2.29. The van der Waals surface area contributed by atoms with Gasteiger partial charge < -0.3 is 4.74 Å². The van der Waals surface area contributed by atoms with E-state index >= 15 is 0 Å². The van der Waals surface area contributed by atoms with Crippen molar-refractivity contribution in [2.24, 2.45) is 5.41 Å². The topological polar surface area (TPSA) is 9.23 Å². The normalized spacial score (nSPS) is 13.4. The van der Waals surface area contributed by atoms with Gasteiger partial charge in [0.15, 0.2) is 0 Å². The van der Waals surface area contributed by atoms with Gasteiger partial charge >= 0.3 is 0 Å². The van der Waals surface area contributed by atoms with Crippen LogP contribution in [0, 0.1) is 5.41 Å². The zero-order chi connectivity index (χ0) is 16.5. The number of ether oxygens (including phenoxy) is 1. The fourth-order valence-electron chi connectivity index (χ4n) is 2.68. The Balaban J connectivity index is 3.21. The van der Waals surface area contributed by atoms with E-state index in [-0.39, 0.29) is 10.8 Å². The van der Waals surface area contributed by atoms with Gasteiger partial charge in [0.2, 0.25) is 0 Å². The summed E-state index contributed by atoms with van der Waals surface area (Å²) in [6, 6.07) is 6.58. The van der Waals surface area contributed by atoms with Crippen LogP contribution >= 0.6 is 0 Å². The second-order valence-corrected chi connectivity index (χ2v) is 9.11. The first-order valence-corrected chi connectivity index (χ1v) is 8.06. The van der Waals surface area contributed by atoms with Gasteiger partial charge in [0, 0.05) is 0 Å². The third-order valence-electron chi connectivity index (χ3n) is 4.26. The summed E-state index contributed by atoms with van der Waals surface area (Å²) in [6.45, 7) is 18.6. The molecule has 0 amide bonds. The minimum atomic E-state index is 0.128. The van der Waals surface area contributed by atoms with Gasteiger partial charge in [-0.05, 0) is 52.3 Å². The molecule has 1 nitrogen and oxygen atoms in total. The molecule has 21 heavy (non-hydrogen) atoms. The lowest BCUT2D eigenvalue weighted by Gasteiger charge is -2.35. The summed E-state index contributed by atoms with van der Waals surface area (Å²) >= 11 is 0. The van der Waals surface area contributed by atoms with Crippen molar-refractivity contribution >= 4 is 0 Å². The van der Waals surface area contributed by atoms with Gasteiger partial charge in [-0.15, -0.1) is 0 Å². The van der Waals surface area contributed by atoms with Crippen LogP contribution in [0.4, 0.5) is 0 Å². The van der Waals surface area contributed by atoms with Gasteiger partial charge in [0.05, 0.1) is 7.11 Å². The molecule has 1 heteroatoms. The van der Waals surface area contributed by atoms with Crippen LogP contribution in [-0.4, -0.2) is 7.11 Å². The van der Waals surface area contributed by atoms with Gasteiger partial charge in [-0.3, -0.25) is 0 Å². The van der Waals surface area contributed by atoms with Crippen LogP contribution in [0.5, 0.6) is 5.75 Å². The van der Waals surface area contributed by atoms with Crippen LogP contribution in [0.15, 0.2) is 18.2 Å². The first-order chi connectivity index (χ1) is 9.37. The number of hydrogen-bond donors (Lipinski definition) is 0.